The van der Waals surface area contributed by atoms with Crippen molar-refractivity contribution in [3.63, 3.8) is 0 Å². The second kappa shape index (κ2) is 3.39. The summed E-state index contributed by atoms with van der Waals surface area (Å²) < 4.78 is 0. The summed E-state index contributed by atoms with van der Waals surface area (Å²) in [7, 11) is 0. The summed E-state index contributed by atoms with van der Waals surface area (Å²) in [5, 5.41) is 11.1. The number of rotatable bonds is 1. The van der Waals surface area contributed by atoms with E-state index in [2.05, 4.69) is 0 Å². The average molecular weight is 200 g/mol. The van der Waals surface area contributed by atoms with E-state index < -0.39 is 5.97 Å². The lowest BCUT2D eigenvalue weighted by atomic mass is 9.98. The fourth-order valence-corrected chi connectivity index (χ4v) is 1.85. The van der Waals surface area contributed by atoms with E-state index in [-0.39, 0.29) is 0 Å². The molecule has 15 heavy (non-hydrogen) atoms. The summed E-state index contributed by atoms with van der Waals surface area (Å²) in [6.07, 6.45) is 0. The Kier molecular flexibility index (Phi) is 2.19. The molecule has 2 aromatic carbocycles. The number of aromatic carboxylic acids is 1. The summed E-state index contributed by atoms with van der Waals surface area (Å²) in [5.41, 5.74) is 2.47. The van der Waals surface area contributed by atoms with E-state index in [4.69, 9.17) is 5.11 Å². The Morgan fingerprint density at radius 2 is 1.80 bits per heavy atom. The van der Waals surface area contributed by atoms with Gasteiger partial charge in [-0.1, -0.05) is 18.2 Å². The van der Waals surface area contributed by atoms with Gasteiger partial charge in [-0.2, -0.15) is 0 Å². The SMILES string of the molecule is Cc1cc(C(=O)O)cc2c(C)cccc12. The van der Waals surface area contributed by atoms with Gasteiger partial charge in [0.25, 0.3) is 0 Å². The monoisotopic (exact) mass is 200 g/mol. The van der Waals surface area contributed by atoms with E-state index in [9.17, 15) is 4.79 Å². The normalized spacial score (nSPS) is 10.5. The molecule has 0 saturated heterocycles. The van der Waals surface area contributed by atoms with E-state index in [1.165, 1.54) is 0 Å². The second-order valence-corrected chi connectivity index (χ2v) is 3.77. The highest BCUT2D eigenvalue weighted by Crippen LogP contribution is 2.23. The highest BCUT2D eigenvalue weighted by atomic mass is 16.4. The summed E-state index contributed by atoms with van der Waals surface area (Å²) in [6.45, 7) is 3.93. The molecule has 76 valence electrons. The van der Waals surface area contributed by atoms with Crippen LogP contribution < -0.4 is 0 Å². The van der Waals surface area contributed by atoms with Crippen LogP contribution in [0.3, 0.4) is 0 Å². The molecule has 0 unspecified atom stereocenters. The molecule has 0 aliphatic rings. The van der Waals surface area contributed by atoms with Gasteiger partial charge in [0, 0.05) is 0 Å². The van der Waals surface area contributed by atoms with Crippen LogP contribution in [0.5, 0.6) is 0 Å². The van der Waals surface area contributed by atoms with Gasteiger partial charge in [0.15, 0.2) is 0 Å². The maximum absolute atomic E-state index is 10.9. The molecule has 0 bridgehead atoms. The third kappa shape index (κ3) is 1.59. The van der Waals surface area contributed by atoms with Crippen LogP contribution >= 0.6 is 0 Å². The quantitative estimate of drug-likeness (QED) is 0.767. The van der Waals surface area contributed by atoms with Gasteiger partial charge in [0.2, 0.25) is 0 Å². The van der Waals surface area contributed by atoms with Crippen molar-refractivity contribution in [2.75, 3.05) is 0 Å². The number of hydrogen-bond donors (Lipinski definition) is 1. The molecule has 1 N–H and O–H groups in total. The van der Waals surface area contributed by atoms with Crippen molar-refractivity contribution in [3.8, 4) is 0 Å². The lowest BCUT2D eigenvalue weighted by Gasteiger charge is -2.06. The summed E-state index contributed by atoms with van der Waals surface area (Å²) in [6, 6.07) is 9.45. The van der Waals surface area contributed by atoms with Gasteiger partial charge in [-0.25, -0.2) is 4.79 Å². The number of fused-ring (bicyclic) bond motifs is 1. The van der Waals surface area contributed by atoms with Crippen molar-refractivity contribution in [1.29, 1.82) is 0 Å². The molecule has 0 aliphatic heterocycles. The molecule has 0 aliphatic carbocycles. The summed E-state index contributed by atoms with van der Waals surface area (Å²) >= 11 is 0. The fraction of sp³-hybridized carbons (Fsp3) is 0.154. The second-order valence-electron chi connectivity index (χ2n) is 3.77. The molecular weight excluding hydrogens is 188 g/mol. The molecule has 0 amide bonds. The topological polar surface area (TPSA) is 37.3 Å². The third-order valence-electron chi connectivity index (χ3n) is 2.67. The number of benzene rings is 2. The molecule has 2 heteroatoms. The summed E-state index contributed by atoms with van der Waals surface area (Å²) in [4.78, 5) is 10.9. The standard InChI is InChI=1S/C13H12O2/c1-8-4-3-5-11-9(2)6-10(13(14)15)7-12(8)11/h3-7H,1-2H3,(H,14,15). The number of aryl methyl sites for hydroxylation is 2. The van der Waals surface area contributed by atoms with Crippen molar-refractivity contribution in [2.24, 2.45) is 0 Å². The highest BCUT2D eigenvalue weighted by molar-refractivity contribution is 5.97. The average Bonchev–Trinajstić information content (AvgIpc) is 2.19. The Hall–Kier alpha value is -1.83. The molecule has 0 fully saturated rings. The minimum atomic E-state index is -0.872. The Morgan fingerprint density at radius 3 is 2.47 bits per heavy atom. The van der Waals surface area contributed by atoms with Crippen LogP contribution in [0.15, 0.2) is 30.3 Å². The molecule has 2 rings (SSSR count). The van der Waals surface area contributed by atoms with Crippen LogP contribution in [-0.2, 0) is 0 Å². The zero-order valence-electron chi connectivity index (χ0n) is 8.74. The maximum Gasteiger partial charge on any atom is 0.335 e. The largest absolute Gasteiger partial charge is 0.478 e. The highest BCUT2D eigenvalue weighted by Gasteiger charge is 2.07. The van der Waals surface area contributed by atoms with Crippen molar-refractivity contribution in [1.82, 2.24) is 0 Å². The van der Waals surface area contributed by atoms with Crippen molar-refractivity contribution < 1.29 is 9.90 Å². The van der Waals surface area contributed by atoms with Gasteiger partial charge in [0.05, 0.1) is 5.56 Å². The number of carboxylic acid groups (broad SMARTS) is 1. The number of carboxylic acids is 1. The van der Waals surface area contributed by atoms with E-state index >= 15 is 0 Å². The fourth-order valence-electron chi connectivity index (χ4n) is 1.85. The van der Waals surface area contributed by atoms with Gasteiger partial charge in [0.1, 0.15) is 0 Å². The van der Waals surface area contributed by atoms with Crippen LogP contribution in [0, 0.1) is 13.8 Å². The van der Waals surface area contributed by atoms with E-state index in [1.54, 1.807) is 12.1 Å². The molecule has 0 radical (unpaired) electrons. The van der Waals surface area contributed by atoms with Crippen LogP contribution in [0.1, 0.15) is 21.5 Å². The van der Waals surface area contributed by atoms with Crippen molar-refractivity contribution >= 4 is 16.7 Å². The minimum absolute atomic E-state index is 0.356. The first-order chi connectivity index (χ1) is 7.09. The zero-order valence-corrected chi connectivity index (χ0v) is 8.74. The smallest absolute Gasteiger partial charge is 0.335 e. The Morgan fingerprint density at radius 1 is 1.07 bits per heavy atom. The molecule has 0 spiro atoms. The molecular formula is C13H12O2. The first-order valence-electron chi connectivity index (χ1n) is 4.83. The summed E-state index contributed by atoms with van der Waals surface area (Å²) in [5.74, 6) is -0.872. The van der Waals surface area contributed by atoms with E-state index in [0.29, 0.717) is 5.56 Å². The van der Waals surface area contributed by atoms with Crippen molar-refractivity contribution in [2.45, 2.75) is 13.8 Å². The Balaban J connectivity index is 2.85. The van der Waals surface area contributed by atoms with Gasteiger partial charge < -0.3 is 5.11 Å². The van der Waals surface area contributed by atoms with Gasteiger partial charge >= 0.3 is 5.97 Å². The molecule has 2 aromatic rings. The maximum atomic E-state index is 10.9. The van der Waals surface area contributed by atoms with E-state index in [1.807, 2.05) is 32.0 Å². The molecule has 0 heterocycles. The van der Waals surface area contributed by atoms with Gasteiger partial charge in [-0.05, 0) is 47.9 Å². The Bertz CT molecular complexity index is 541. The lowest BCUT2D eigenvalue weighted by Crippen LogP contribution is -1.97. The van der Waals surface area contributed by atoms with Crippen LogP contribution in [0.25, 0.3) is 10.8 Å². The van der Waals surface area contributed by atoms with E-state index in [0.717, 1.165) is 21.9 Å². The van der Waals surface area contributed by atoms with Crippen LogP contribution in [0.4, 0.5) is 0 Å². The third-order valence-corrected chi connectivity index (χ3v) is 2.67. The first-order valence-corrected chi connectivity index (χ1v) is 4.83. The number of carbonyl (C=O) groups is 1. The lowest BCUT2D eigenvalue weighted by molar-refractivity contribution is 0.0697. The van der Waals surface area contributed by atoms with Gasteiger partial charge in [-0.15, -0.1) is 0 Å². The van der Waals surface area contributed by atoms with Crippen LogP contribution in [0.2, 0.25) is 0 Å². The van der Waals surface area contributed by atoms with Gasteiger partial charge in [-0.3, -0.25) is 0 Å². The van der Waals surface area contributed by atoms with Crippen LogP contribution in [-0.4, -0.2) is 11.1 Å². The molecule has 0 atom stereocenters. The minimum Gasteiger partial charge on any atom is -0.478 e. The zero-order chi connectivity index (χ0) is 11.0. The molecule has 0 aromatic heterocycles. The predicted octanol–water partition coefficient (Wildman–Crippen LogP) is 3.15. The predicted molar refractivity (Wildman–Crippen MR) is 60.4 cm³/mol. The van der Waals surface area contributed by atoms with Crippen molar-refractivity contribution in [3.05, 3.63) is 47.0 Å². The molecule has 2 nitrogen and oxygen atoms in total. The first kappa shape index (κ1) is 9.71. The number of hydrogen-bond acceptors (Lipinski definition) is 1. The molecule has 0 saturated carbocycles. The Labute approximate surface area is 88.2 Å².